The zero-order chi connectivity index (χ0) is 13.2. The molecule has 19 heavy (non-hydrogen) atoms. The molecule has 1 aromatic heterocycles. The van der Waals surface area contributed by atoms with E-state index in [0.29, 0.717) is 11.4 Å². The Kier molecular flexibility index (Phi) is 2.94. The molecule has 4 heteroatoms. The minimum Gasteiger partial charge on any atom is -0.294 e. The van der Waals surface area contributed by atoms with E-state index in [1.54, 1.807) is 6.07 Å². The maximum absolute atomic E-state index is 9.24. The fourth-order valence-electron chi connectivity index (χ4n) is 2.20. The number of benzene rings is 2. The summed E-state index contributed by atoms with van der Waals surface area (Å²) in [6.45, 7) is 0. The highest BCUT2D eigenvalue weighted by molar-refractivity contribution is 6.17. The number of nitriles is 1. The number of fused-ring (bicyclic) bond motifs is 1. The van der Waals surface area contributed by atoms with Crippen LogP contribution in [-0.2, 0) is 5.88 Å². The molecular weight excluding hydrogens is 258 g/mol. The van der Waals surface area contributed by atoms with E-state index in [4.69, 9.17) is 11.6 Å². The predicted molar refractivity (Wildman–Crippen MR) is 75.3 cm³/mol. The largest absolute Gasteiger partial charge is 0.294 e. The Morgan fingerprint density at radius 2 is 1.84 bits per heavy atom. The van der Waals surface area contributed by atoms with E-state index in [1.165, 1.54) is 0 Å². The summed E-state index contributed by atoms with van der Waals surface area (Å²) in [4.78, 5) is 4.50. The normalized spacial score (nSPS) is 10.5. The Hall–Kier alpha value is -2.31. The van der Waals surface area contributed by atoms with Crippen LogP contribution in [0.1, 0.15) is 11.4 Å². The zero-order valence-electron chi connectivity index (χ0n) is 10.0. The molecule has 1 heterocycles. The van der Waals surface area contributed by atoms with Crippen molar-refractivity contribution in [1.29, 1.82) is 5.26 Å². The Labute approximate surface area is 115 Å². The van der Waals surface area contributed by atoms with Crippen LogP contribution in [0.3, 0.4) is 0 Å². The van der Waals surface area contributed by atoms with Crippen LogP contribution in [-0.4, -0.2) is 9.55 Å². The maximum atomic E-state index is 9.24. The van der Waals surface area contributed by atoms with Gasteiger partial charge in [-0.1, -0.05) is 24.3 Å². The molecule has 92 valence electrons. The highest BCUT2D eigenvalue weighted by Crippen LogP contribution is 2.24. The second-order valence-corrected chi connectivity index (χ2v) is 4.38. The lowest BCUT2D eigenvalue weighted by Gasteiger charge is -2.09. The lowest BCUT2D eigenvalue weighted by molar-refractivity contribution is 0.978. The molecule has 2 aromatic carbocycles. The molecule has 0 spiro atoms. The van der Waals surface area contributed by atoms with Gasteiger partial charge in [0, 0.05) is 0 Å². The van der Waals surface area contributed by atoms with Gasteiger partial charge in [0.25, 0.3) is 0 Å². The van der Waals surface area contributed by atoms with E-state index >= 15 is 0 Å². The van der Waals surface area contributed by atoms with Crippen molar-refractivity contribution in [3.05, 3.63) is 59.9 Å². The first-order valence-corrected chi connectivity index (χ1v) is 6.40. The van der Waals surface area contributed by atoms with Gasteiger partial charge in [0.05, 0.1) is 28.2 Å². The van der Waals surface area contributed by atoms with Crippen molar-refractivity contribution < 1.29 is 0 Å². The van der Waals surface area contributed by atoms with Crippen LogP contribution in [0.25, 0.3) is 16.7 Å². The molecule has 0 unspecified atom stereocenters. The van der Waals surface area contributed by atoms with Crippen molar-refractivity contribution in [2.75, 3.05) is 0 Å². The minimum atomic E-state index is 0.300. The lowest BCUT2D eigenvalue weighted by atomic mass is 10.2. The summed E-state index contributed by atoms with van der Waals surface area (Å²) in [6.07, 6.45) is 0. The molecule has 0 saturated heterocycles. The third-order valence-electron chi connectivity index (χ3n) is 3.02. The average Bonchev–Trinajstić information content (AvgIpc) is 2.85. The molecule has 0 amide bonds. The highest BCUT2D eigenvalue weighted by Gasteiger charge is 2.13. The topological polar surface area (TPSA) is 41.6 Å². The molecule has 0 fully saturated rings. The number of nitrogens with zero attached hydrogens (tertiary/aromatic N) is 3. The van der Waals surface area contributed by atoms with Crippen molar-refractivity contribution in [3.63, 3.8) is 0 Å². The third-order valence-corrected chi connectivity index (χ3v) is 3.25. The summed E-state index contributed by atoms with van der Waals surface area (Å²) in [5.41, 5.74) is 3.26. The van der Waals surface area contributed by atoms with E-state index < -0.39 is 0 Å². The van der Waals surface area contributed by atoms with Crippen LogP contribution < -0.4 is 0 Å². The molecule has 0 radical (unpaired) electrons. The smallest absolute Gasteiger partial charge is 0.129 e. The second-order valence-electron chi connectivity index (χ2n) is 4.11. The molecular formula is C15H10ClN3. The van der Waals surface area contributed by atoms with Crippen LogP contribution in [0.4, 0.5) is 0 Å². The van der Waals surface area contributed by atoms with Gasteiger partial charge in [-0.3, -0.25) is 4.57 Å². The SMILES string of the molecule is N#Cc1ccccc1-n1c(CCl)nc2ccccc21. The quantitative estimate of drug-likeness (QED) is 0.665. The molecule has 0 saturated carbocycles. The Morgan fingerprint density at radius 3 is 2.63 bits per heavy atom. The Bertz CT molecular complexity index is 783. The number of alkyl halides is 1. The summed E-state index contributed by atoms with van der Waals surface area (Å²) in [7, 11) is 0. The Balaban J connectivity index is 2.39. The molecule has 0 atom stereocenters. The predicted octanol–water partition coefficient (Wildman–Crippen LogP) is 3.64. The minimum absolute atomic E-state index is 0.300. The molecule has 0 aliphatic rings. The number of aromatic nitrogens is 2. The van der Waals surface area contributed by atoms with Crippen molar-refractivity contribution in [2.45, 2.75) is 5.88 Å². The van der Waals surface area contributed by atoms with Gasteiger partial charge >= 0.3 is 0 Å². The Morgan fingerprint density at radius 1 is 1.11 bits per heavy atom. The van der Waals surface area contributed by atoms with E-state index in [-0.39, 0.29) is 0 Å². The molecule has 0 aliphatic heterocycles. The molecule has 3 aromatic rings. The van der Waals surface area contributed by atoms with Crippen LogP contribution >= 0.6 is 11.6 Å². The van der Waals surface area contributed by atoms with Gasteiger partial charge in [0.15, 0.2) is 0 Å². The van der Waals surface area contributed by atoms with Crippen LogP contribution in [0, 0.1) is 11.3 Å². The van der Waals surface area contributed by atoms with Gasteiger partial charge in [-0.2, -0.15) is 5.26 Å². The third kappa shape index (κ3) is 1.87. The van der Waals surface area contributed by atoms with Crippen molar-refractivity contribution in [3.8, 4) is 11.8 Å². The van der Waals surface area contributed by atoms with Crippen LogP contribution in [0.5, 0.6) is 0 Å². The van der Waals surface area contributed by atoms with Gasteiger partial charge in [-0.15, -0.1) is 11.6 Å². The number of imidazole rings is 1. The first-order valence-electron chi connectivity index (χ1n) is 5.87. The van der Waals surface area contributed by atoms with Gasteiger partial charge in [-0.25, -0.2) is 4.98 Å². The summed E-state index contributed by atoms with van der Waals surface area (Å²) >= 11 is 5.98. The standard InChI is InChI=1S/C15H10ClN3/c16-9-15-18-12-6-2-4-8-14(12)19(15)13-7-3-1-5-11(13)10-17/h1-8H,9H2. The fraction of sp³-hybridized carbons (Fsp3) is 0.0667. The zero-order valence-corrected chi connectivity index (χ0v) is 10.8. The monoisotopic (exact) mass is 267 g/mol. The van der Waals surface area contributed by atoms with E-state index in [2.05, 4.69) is 11.1 Å². The van der Waals surface area contributed by atoms with Crippen molar-refractivity contribution in [2.24, 2.45) is 0 Å². The number of para-hydroxylation sites is 3. The fourth-order valence-corrected chi connectivity index (χ4v) is 2.38. The summed E-state index contributed by atoms with van der Waals surface area (Å²) in [5, 5.41) is 9.24. The molecule has 3 nitrogen and oxygen atoms in total. The lowest BCUT2D eigenvalue weighted by Crippen LogP contribution is -2.01. The van der Waals surface area contributed by atoms with E-state index in [9.17, 15) is 5.26 Å². The second kappa shape index (κ2) is 4.75. The van der Waals surface area contributed by atoms with Crippen LogP contribution in [0.15, 0.2) is 48.5 Å². The maximum Gasteiger partial charge on any atom is 0.129 e. The summed E-state index contributed by atoms with van der Waals surface area (Å²) < 4.78 is 1.95. The van der Waals surface area contributed by atoms with Crippen LogP contribution in [0.2, 0.25) is 0 Å². The molecule has 0 aliphatic carbocycles. The average molecular weight is 268 g/mol. The summed E-state index contributed by atoms with van der Waals surface area (Å²) in [5.74, 6) is 1.04. The first kappa shape index (κ1) is 11.8. The van der Waals surface area contributed by atoms with Gasteiger partial charge in [-0.05, 0) is 24.3 Å². The van der Waals surface area contributed by atoms with Gasteiger partial charge in [0.2, 0.25) is 0 Å². The van der Waals surface area contributed by atoms with E-state index in [0.717, 1.165) is 22.5 Å². The number of hydrogen-bond donors (Lipinski definition) is 0. The first-order chi connectivity index (χ1) is 9.35. The number of halogens is 1. The van der Waals surface area contributed by atoms with Gasteiger partial charge < -0.3 is 0 Å². The van der Waals surface area contributed by atoms with Gasteiger partial charge in [0.1, 0.15) is 11.9 Å². The molecule has 3 rings (SSSR count). The summed E-state index contributed by atoms with van der Waals surface area (Å²) in [6, 6.07) is 17.5. The van der Waals surface area contributed by atoms with Crippen molar-refractivity contribution >= 4 is 22.6 Å². The van der Waals surface area contributed by atoms with E-state index in [1.807, 2.05) is 47.0 Å². The number of hydrogen-bond acceptors (Lipinski definition) is 2. The van der Waals surface area contributed by atoms with Crippen molar-refractivity contribution in [1.82, 2.24) is 9.55 Å². The molecule has 0 N–H and O–H groups in total. The highest BCUT2D eigenvalue weighted by atomic mass is 35.5. The number of rotatable bonds is 2. The molecule has 0 bridgehead atoms.